The Hall–Kier alpha value is -0.520. The summed E-state index contributed by atoms with van der Waals surface area (Å²) < 4.78 is 0. The van der Waals surface area contributed by atoms with E-state index in [0.717, 1.165) is 26.1 Å². The van der Waals surface area contributed by atoms with Gasteiger partial charge >= 0.3 is 0 Å². The van der Waals surface area contributed by atoms with Gasteiger partial charge in [-0.3, -0.25) is 4.90 Å². The van der Waals surface area contributed by atoms with Crippen LogP contribution in [0.25, 0.3) is 0 Å². The molecule has 1 fully saturated rings. The number of nitrogens with zero attached hydrogens (tertiary/aromatic N) is 1. The normalized spacial score (nSPS) is 24.2. The number of hydrogen-bond acceptors (Lipinski definition) is 2. The molecular formula is C11H19NO. The summed E-state index contributed by atoms with van der Waals surface area (Å²) in [6, 6.07) is 0. The van der Waals surface area contributed by atoms with E-state index >= 15 is 0 Å². The largest absolute Gasteiger partial charge is 0.392 e. The highest BCUT2D eigenvalue weighted by molar-refractivity contribution is 5.09. The van der Waals surface area contributed by atoms with E-state index in [-0.39, 0.29) is 11.5 Å². The first-order valence-corrected chi connectivity index (χ1v) is 4.88. The molecule has 0 aliphatic carbocycles. The van der Waals surface area contributed by atoms with Gasteiger partial charge in [-0.15, -0.1) is 0 Å². The minimum atomic E-state index is -0.128. The molecule has 1 heterocycles. The van der Waals surface area contributed by atoms with Crippen LogP contribution in [0.2, 0.25) is 0 Å². The van der Waals surface area contributed by atoms with Crippen molar-refractivity contribution < 1.29 is 5.11 Å². The van der Waals surface area contributed by atoms with Gasteiger partial charge in [-0.05, 0) is 27.2 Å². The molecule has 1 aliphatic heterocycles. The second-order valence-corrected chi connectivity index (χ2v) is 4.73. The van der Waals surface area contributed by atoms with Gasteiger partial charge in [0.1, 0.15) is 0 Å². The van der Waals surface area contributed by atoms with Crippen molar-refractivity contribution in [3.63, 3.8) is 0 Å². The van der Waals surface area contributed by atoms with Crippen LogP contribution in [0.15, 0.2) is 0 Å². The molecule has 74 valence electrons. The fraction of sp³-hybridized carbons (Fsp3) is 0.818. The Bertz CT molecular complexity index is 218. The number of aliphatic hydroxyl groups is 1. The summed E-state index contributed by atoms with van der Waals surface area (Å²) >= 11 is 0. The zero-order valence-electron chi connectivity index (χ0n) is 8.80. The number of aliphatic hydroxyl groups excluding tert-OH is 1. The van der Waals surface area contributed by atoms with E-state index in [1.54, 1.807) is 0 Å². The topological polar surface area (TPSA) is 23.5 Å². The van der Waals surface area contributed by atoms with Crippen molar-refractivity contribution in [1.82, 2.24) is 4.90 Å². The molecule has 1 aliphatic rings. The van der Waals surface area contributed by atoms with Crippen molar-refractivity contribution in [2.24, 2.45) is 5.41 Å². The van der Waals surface area contributed by atoms with Gasteiger partial charge in [0.2, 0.25) is 0 Å². The quantitative estimate of drug-likeness (QED) is 0.612. The summed E-state index contributed by atoms with van der Waals surface area (Å²) in [4.78, 5) is 2.20. The highest BCUT2D eigenvalue weighted by Crippen LogP contribution is 2.10. The van der Waals surface area contributed by atoms with E-state index in [9.17, 15) is 5.11 Å². The second-order valence-electron chi connectivity index (χ2n) is 4.73. The minimum Gasteiger partial charge on any atom is -0.392 e. The summed E-state index contributed by atoms with van der Waals surface area (Å²) in [6.45, 7) is 8.91. The maximum Gasteiger partial charge on any atom is 0.0679 e. The average Bonchev–Trinajstić information content (AvgIpc) is 2.33. The van der Waals surface area contributed by atoms with Gasteiger partial charge < -0.3 is 5.11 Å². The van der Waals surface area contributed by atoms with Gasteiger partial charge in [0.25, 0.3) is 0 Å². The van der Waals surface area contributed by atoms with Crippen LogP contribution in [-0.2, 0) is 0 Å². The van der Waals surface area contributed by atoms with E-state index in [1.165, 1.54) is 0 Å². The van der Waals surface area contributed by atoms with Crippen molar-refractivity contribution in [2.75, 3.05) is 19.6 Å². The van der Waals surface area contributed by atoms with Gasteiger partial charge in [-0.25, -0.2) is 0 Å². The van der Waals surface area contributed by atoms with Crippen LogP contribution in [0.1, 0.15) is 27.2 Å². The Balaban J connectivity index is 2.29. The van der Waals surface area contributed by atoms with Gasteiger partial charge in [-0.1, -0.05) is 11.8 Å². The molecule has 1 rings (SSSR count). The molecule has 0 aromatic carbocycles. The summed E-state index contributed by atoms with van der Waals surface area (Å²) in [6.07, 6.45) is 0.772. The van der Waals surface area contributed by atoms with Crippen LogP contribution in [0.5, 0.6) is 0 Å². The lowest BCUT2D eigenvalue weighted by Crippen LogP contribution is -2.22. The van der Waals surface area contributed by atoms with Crippen LogP contribution >= 0.6 is 0 Å². The first-order chi connectivity index (χ1) is 5.97. The van der Waals surface area contributed by atoms with Gasteiger partial charge in [0.15, 0.2) is 0 Å². The number of rotatable bonds is 1. The summed E-state index contributed by atoms with van der Waals surface area (Å²) in [7, 11) is 0. The predicted octanol–water partition coefficient (Wildman–Crippen LogP) is 1.10. The molecule has 0 bridgehead atoms. The van der Waals surface area contributed by atoms with Gasteiger partial charge in [0.05, 0.1) is 12.6 Å². The van der Waals surface area contributed by atoms with E-state index in [4.69, 9.17) is 0 Å². The van der Waals surface area contributed by atoms with Crippen molar-refractivity contribution in [3.8, 4) is 11.8 Å². The summed E-state index contributed by atoms with van der Waals surface area (Å²) in [5.41, 5.74) is 0.0956. The monoisotopic (exact) mass is 181 g/mol. The Morgan fingerprint density at radius 1 is 1.46 bits per heavy atom. The van der Waals surface area contributed by atoms with Crippen LogP contribution in [0, 0.1) is 17.3 Å². The molecule has 0 unspecified atom stereocenters. The van der Waals surface area contributed by atoms with E-state index in [1.807, 2.05) is 0 Å². The van der Waals surface area contributed by atoms with Crippen LogP contribution in [-0.4, -0.2) is 35.7 Å². The zero-order chi connectivity index (χ0) is 9.90. The van der Waals surface area contributed by atoms with Crippen LogP contribution < -0.4 is 0 Å². The molecule has 0 aromatic rings. The SMILES string of the molecule is CC(C)(C)C#CCN1CC[C@H](O)C1. The van der Waals surface area contributed by atoms with E-state index in [2.05, 4.69) is 37.5 Å². The standard InChI is InChI=1S/C11H19NO/c1-11(2,3)6-4-7-12-8-5-10(13)9-12/h10,13H,5,7-9H2,1-3H3/t10-/m0/s1. The Kier molecular flexibility index (Phi) is 3.35. The van der Waals surface area contributed by atoms with Gasteiger partial charge in [-0.2, -0.15) is 0 Å². The third-order valence-corrected chi connectivity index (χ3v) is 2.01. The van der Waals surface area contributed by atoms with E-state index in [0.29, 0.717) is 0 Å². The smallest absolute Gasteiger partial charge is 0.0679 e. The third-order valence-electron chi connectivity index (χ3n) is 2.01. The van der Waals surface area contributed by atoms with Gasteiger partial charge in [0, 0.05) is 18.5 Å². The molecule has 0 saturated carbocycles. The molecule has 2 heteroatoms. The maximum atomic E-state index is 9.27. The van der Waals surface area contributed by atoms with Crippen LogP contribution in [0.3, 0.4) is 0 Å². The van der Waals surface area contributed by atoms with Crippen molar-refractivity contribution in [3.05, 3.63) is 0 Å². The van der Waals surface area contributed by atoms with Crippen LogP contribution in [0.4, 0.5) is 0 Å². The molecule has 0 aromatic heterocycles. The lowest BCUT2D eigenvalue weighted by atomic mass is 9.98. The minimum absolute atomic E-state index is 0.0956. The number of hydrogen-bond donors (Lipinski definition) is 1. The lowest BCUT2D eigenvalue weighted by Gasteiger charge is -2.11. The predicted molar refractivity (Wildman–Crippen MR) is 54.3 cm³/mol. The molecule has 1 saturated heterocycles. The number of likely N-dealkylation sites (tertiary alicyclic amines) is 1. The average molecular weight is 181 g/mol. The summed E-state index contributed by atoms with van der Waals surface area (Å²) in [5, 5.41) is 9.27. The molecule has 0 spiro atoms. The second kappa shape index (κ2) is 4.13. The maximum absolute atomic E-state index is 9.27. The highest BCUT2D eigenvalue weighted by atomic mass is 16.3. The van der Waals surface area contributed by atoms with Crippen molar-refractivity contribution in [2.45, 2.75) is 33.3 Å². The molecule has 1 atom stereocenters. The molecule has 0 amide bonds. The Labute approximate surface area is 80.9 Å². The fourth-order valence-corrected chi connectivity index (χ4v) is 1.37. The highest BCUT2D eigenvalue weighted by Gasteiger charge is 2.18. The first-order valence-electron chi connectivity index (χ1n) is 4.88. The number of β-amino-alcohol motifs (C(OH)–C–C–N with tert-alkyl or cyclic N) is 1. The molecular weight excluding hydrogens is 162 g/mol. The Morgan fingerprint density at radius 3 is 2.62 bits per heavy atom. The van der Waals surface area contributed by atoms with E-state index < -0.39 is 0 Å². The summed E-state index contributed by atoms with van der Waals surface area (Å²) in [5.74, 6) is 6.34. The Morgan fingerprint density at radius 2 is 2.15 bits per heavy atom. The molecule has 13 heavy (non-hydrogen) atoms. The molecule has 1 N–H and O–H groups in total. The first kappa shape index (κ1) is 10.6. The molecule has 0 radical (unpaired) electrons. The zero-order valence-corrected chi connectivity index (χ0v) is 8.80. The fourth-order valence-electron chi connectivity index (χ4n) is 1.37. The third kappa shape index (κ3) is 4.31. The van der Waals surface area contributed by atoms with Crippen molar-refractivity contribution >= 4 is 0 Å². The lowest BCUT2D eigenvalue weighted by molar-refractivity contribution is 0.180. The molecule has 2 nitrogen and oxygen atoms in total. The van der Waals surface area contributed by atoms with Crippen molar-refractivity contribution in [1.29, 1.82) is 0 Å².